The summed E-state index contributed by atoms with van der Waals surface area (Å²) in [4.78, 5) is 37.1. The van der Waals surface area contributed by atoms with Crippen LogP contribution in [0.4, 0.5) is 5.82 Å². The van der Waals surface area contributed by atoms with Gasteiger partial charge in [-0.1, -0.05) is 54.6 Å². The third-order valence-electron chi connectivity index (χ3n) is 4.63. The summed E-state index contributed by atoms with van der Waals surface area (Å²) in [5.74, 6) is -1.10. The van der Waals surface area contributed by atoms with Crippen LogP contribution in [0.3, 0.4) is 0 Å². The third-order valence-corrected chi connectivity index (χ3v) is 4.63. The molecule has 7 heteroatoms. The number of allylic oxidation sites excluding steroid dienone is 1. The second kappa shape index (κ2) is 7.82. The zero-order valence-corrected chi connectivity index (χ0v) is 15.9. The number of ketones is 1. The van der Waals surface area contributed by atoms with E-state index in [-0.39, 0.29) is 11.4 Å². The summed E-state index contributed by atoms with van der Waals surface area (Å²) in [6.45, 7) is 0. The number of nitrogen functional groups attached to an aromatic ring is 1. The fraction of sp³-hybridized carbons (Fsp3) is 0.0909. The van der Waals surface area contributed by atoms with E-state index in [1.165, 1.54) is 20.2 Å². The van der Waals surface area contributed by atoms with Gasteiger partial charge in [0.05, 0.1) is 0 Å². The van der Waals surface area contributed by atoms with E-state index in [1.807, 2.05) is 48.5 Å². The van der Waals surface area contributed by atoms with Crippen molar-refractivity contribution in [3.05, 3.63) is 92.1 Å². The van der Waals surface area contributed by atoms with Gasteiger partial charge in [0.2, 0.25) is 5.78 Å². The smallest absolute Gasteiger partial charge is 0.332 e. The van der Waals surface area contributed by atoms with Crippen molar-refractivity contribution < 1.29 is 4.79 Å². The highest BCUT2D eigenvalue weighted by Gasteiger charge is 2.23. The van der Waals surface area contributed by atoms with Gasteiger partial charge in [-0.3, -0.25) is 18.7 Å². The zero-order valence-electron chi connectivity index (χ0n) is 15.9. The Morgan fingerprint density at radius 1 is 0.966 bits per heavy atom. The van der Waals surface area contributed by atoms with Crippen LogP contribution >= 0.6 is 0 Å². The Hall–Kier alpha value is -4.18. The number of nitrogens with zero attached hydrogens (tertiary/aromatic N) is 3. The second-order valence-electron chi connectivity index (χ2n) is 6.45. The molecule has 0 aliphatic carbocycles. The molecule has 0 unspecified atom stereocenters. The Balaban J connectivity index is 2.02. The first kappa shape index (κ1) is 19.6. The van der Waals surface area contributed by atoms with Gasteiger partial charge in [-0.05, 0) is 22.8 Å². The Morgan fingerprint density at radius 2 is 1.55 bits per heavy atom. The van der Waals surface area contributed by atoms with Crippen molar-refractivity contribution in [3.63, 3.8) is 0 Å². The van der Waals surface area contributed by atoms with Gasteiger partial charge in [0.1, 0.15) is 23.0 Å². The van der Waals surface area contributed by atoms with Gasteiger partial charge < -0.3 is 5.73 Å². The fourth-order valence-electron chi connectivity index (χ4n) is 2.93. The highest BCUT2D eigenvalue weighted by Crippen LogP contribution is 2.21. The van der Waals surface area contributed by atoms with E-state index in [9.17, 15) is 19.6 Å². The molecule has 0 saturated heterocycles. The van der Waals surface area contributed by atoms with E-state index < -0.39 is 22.6 Å². The number of Topliss-reactive ketones (excluding diaryl/α,β-unsaturated/α-hetero) is 1. The van der Waals surface area contributed by atoms with E-state index in [4.69, 9.17) is 5.73 Å². The third kappa shape index (κ3) is 3.64. The summed E-state index contributed by atoms with van der Waals surface area (Å²) < 4.78 is 1.78. The maximum Gasteiger partial charge on any atom is 0.332 e. The van der Waals surface area contributed by atoms with E-state index in [0.29, 0.717) is 5.56 Å². The minimum atomic E-state index is -0.837. The molecule has 0 aliphatic rings. The average Bonchev–Trinajstić information content (AvgIpc) is 2.75. The molecular formula is C22H18N4O3. The molecule has 0 saturated carbocycles. The Labute approximate surface area is 166 Å². The summed E-state index contributed by atoms with van der Waals surface area (Å²) in [5.41, 5.74) is 6.33. The fourth-order valence-corrected chi connectivity index (χ4v) is 2.93. The lowest BCUT2D eigenvalue weighted by molar-refractivity contribution is 0.103. The van der Waals surface area contributed by atoms with Crippen molar-refractivity contribution in [2.75, 3.05) is 5.73 Å². The second-order valence-corrected chi connectivity index (χ2v) is 6.45. The summed E-state index contributed by atoms with van der Waals surface area (Å²) in [6.07, 6.45) is 1.39. The molecule has 29 heavy (non-hydrogen) atoms. The van der Waals surface area contributed by atoms with Crippen LogP contribution in [0.5, 0.6) is 0 Å². The molecule has 2 aromatic carbocycles. The molecule has 0 fully saturated rings. The molecule has 0 spiro atoms. The molecule has 7 nitrogen and oxygen atoms in total. The van der Waals surface area contributed by atoms with Gasteiger partial charge in [-0.2, -0.15) is 5.26 Å². The molecule has 1 heterocycles. The van der Waals surface area contributed by atoms with E-state index in [0.717, 1.165) is 20.3 Å². The molecule has 2 N–H and O–H groups in total. The molecule has 0 radical (unpaired) electrons. The lowest BCUT2D eigenvalue weighted by atomic mass is 10.0. The monoisotopic (exact) mass is 386 g/mol. The summed E-state index contributed by atoms with van der Waals surface area (Å²) in [7, 11) is 2.60. The number of rotatable bonds is 4. The molecule has 3 rings (SSSR count). The van der Waals surface area contributed by atoms with Gasteiger partial charge in [0.15, 0.2) is 0 Å². The largest absolute Gasteiger partial charge is 0.384 e. The minimum Gasteiger partial charge on any atom is -0.384 e. The molecule has 3 aromatic rings. The molecule has 144 valence electrons. The number of nitrogens with two attached hydrogens (primary N) is 1. The predicted octanol–water partition coefficient (Wildman–Crippen LogP) is 2.12. The highest BCUT2D eigenvalue weighted by molar-refractivity contribution is 6.16. The number of nitriles is 1. The Kier molecular flexibility index (Phi) is 5.28. The maximum absolute atomic E-state index is 12.8. The standard InChI is InChI=1S/C22H18N4O3/c1-25-20(24)18(21(28)26(2)22(25)29)19(27)17(13-23)12-14-8-10-16(11-9-14)15-6-4-3-5-7-15/h3-12H,24H2,1-2H3/b17-12+. The number of hydrogen-bond donors (Lipinski definition) is 1. The number of anilines is 1. The van der Waals surface area contributed by atoms with Crippen LogP contribution in [0.15, 0.2) is 69.8 Å². The zero-order chi connectivity index (χ0) is 21.1. The van der Waals surface area contributed by atoms with Crippen LogP contribution < -0.4 is 17.0 Å². The van der Waals surface area contributed by atoms with Gasteiger partial charge in [0.25, 0.3) is 5.56 Å². The van der Waals surface area contributed by atoms with Gasteiger partial charge in [0, 0.05) is 14.1 Å². The van der Waals surface area contributed by atoms with Gasteiger partial charge >= 0.3 is 5.69 Å². The number of benzene rings is 2. The number of aromatic nitrogens is 2. The van der Waals surface area contributed by atoms with Crippen molar-refractivity contribution in [1.29, 1.82) is 5.26 Å². The molecule has 0 amide bonds. The first-order valence-corrected chi connectivity index (χ1v) is 8.72. The average molecular weight is 386 g/mol. The quantitative estimate of drug-likeness (QED) is 0.419. The number of carbonyl (C=O) groups excluding carboxylic acids is 1. The van der Waals surface area contributed by atoms with Crippen molar-refractivity contribution in [2.45, 2.75) is 0 Å². The van der Waals surface area contributed by atoms with Crippen molar-refractivity contribution in [1.82, 2.24) is 9.13 Å². The number of carbonyl (C=O) groups is 1. The van der Waals surface area contributed by atoms with Crippen molar-refractivity contribution in [2.24, 2.45) is 14.1 Å². The van der Waals surface area contributed by atoms with Gasteiger partial charge in [-0.25, -0.2) is 4.79 Å². The summed E-state index contributed by atoms with van der Waals surface area (Å²) in [5, 5.41) is 9.47. The predicted molar refractivity (Wildman–Crippen MR) is 111 cm³/mol. The molecular weight excluding hydrogens is 368 g/mol. The summed E-state index contributed by atoms with van der Waals surface area (Å²) in [6, 6.07) is 18.9. The Bertz CT molecular complexity index is 1280. The molecule has 1 aromatic heterocycles. The number of hydrogen-bond acceptors (Lipinski definition) is 5. The molecule has 0 bridgehead atoms. The lowest BCUT2D eigenvalue weighted by Crippen LogP contribution is -2.41. The molecule has 0 atom stereocenters. The van der Waals surface area contributed by atoms with E-state index in [1.54, 1.807) is 12.1 Å². The van der Waals surface area contributed by atoms with Crippen LogP contribution in [-0.2, 0) is 14.1 Å². The lowest BCUT2D eigenvalue weighted by Gasteiger charge is -2.10. The van der Waals surface area contributed by atoms with Crippen molar-refractivity contribution in [3.8, 4) is 17.2 Å². The highest BCUT2D eigenvalue weighted by atomic mass is 16.2. The van der Waals surface area contributed by atoms with Crippen LogP contribution in [0.1, 0.15) is 15.9 Å². The Morgan fingerprint density at radius 3 is 2.14 bits per heavy atom. The summed E-state index contributed by atoms with van der Waals surface area (Å²) >= 11 is 0. The topological polar surface area (TPSA) is 111 Å². The first-order chi connectivity index (χ1) is 13.8. The molecule has 0 aliphatic heterocycles. The van der Waals surface area contributed by atoms with E-state index >= 15 is 0 Å². The maximum atomic E-state index is 12.8. The van der Waals surface area contributed by atoms with Crippen LogP contribution in [-0.4, -0.2) is 14.9 Å². The van der Waals surface area contributed by atoms with Crippen LogP contribution in [0.25, 0.3) is 17.2 Å². The van der Waals surface area contributed by atoms with Crippen molar-refractivity contribution >= 4 is 17.7 Å². The van der Waals surface area contributed by atoms with Gasteiger partial charge in [-0.15, -0.1) is 0 Å². The van der Waals surface area contributed by atoms with Crippen LogP contribution in [0.2, 0.25) is 0 Å². The SMILES string of the molecule is Cn1c(N)c(C(=O)/C(C#N)=C/c2ccc(-c3ccccc3)cc2)c(=O)n(C)c1=O. The minimum absolute atomic E-state index is 0.250. The van der Waals surface area contributed by atoms with Crippen LogP contribution in [0, 0.1) is 11.3 Å². The first-order valence-electron chi connectivity index (χ1n) is 8.72. The van der Waals surface area contributed by atoms with E-state index in [2.05, 4.69) is 0 Å². The normalized spacial score (nSPS) is 11.1.